The molecule has 5 heteroatoms. The zero-order chi connectivity index (χ0) is 18.9. The van der Waals surface area contributed by atoms with E-state index in [1.54, 1.807) is 12.1 Å². The van der Waals surface area contributed by atoms with Gasteiger partial charge in [0.05, 0.1) is 16.1 Å². The van der Waals surface area contributed by atoms with E-state index in [2.05, 4.69) is 6.92 Å². The van der Waals surface area contributed by atoms with Crippen LogP contribution in [0.2, 0.25) is 5.02 Å². The fraction of sp³-hybridized carbons (Fsp3) is 0.333. The first-order valence-corrected chi connectivity index (χ1v) is 9.57. The Kier molecular flexibility index (Phi) is 8.14. The Balaban J connectivity index is 1.91. The summed E-state index contributed by atoms with van der Waals surface area (Å²) >= 11 is 11.4. The number of esters is 1. The predicted molar refractivity (Wildman–Crippen MR) is 105 cm³/mol. The molecule has 2 aromatic carbocycles. The maximum atomic E-state index is 12.2. The standard InChI is InChI=1S/C21H22Cl2O3/c1-2-3-4-5-6-7-15-8-10-16(11-9-15)21(25)26-17-12-13-18(20(23)24)19(22)14-17/h8-14H,2-7H2,1H3. The van der Waals surface area contributed by atoms with Gasteiger partial charge in [-0.1, -0.05) is 56.3 Å². The number of hydrogen-bond donors (Lipinski definition) is 0. The van der Waals surface area contributed by atoms with Crippen LogP contribution in [-0.4, -0.2) is 11.2 Å². The largest absolute Gasteiger partial charge is 0.423 e. The van der Waals surface area contributed by atoms with E-state index < -0.39 is 11.2 Å². The number of carbonyl (C=O) groups is 2. The van der Waals surface area contributed by atoms with Crippen molar-refractivity contribution in [2.75, 3.05) is 0 Å². The van der Waals surface area contributed by atoms with Crippen LogP contribution in [0.1, 0.15) is 65.3 Å². The summed E-state index contributed by atoms with van der Waals surface area (Å²) in [6, 6.07) is 11.8. The van der Waals surface area contributed by atoms with E-state index >= 15 is 0 Å². The summed E-state index contributed by atoms with van der Waals surface area (Å²) in [6.45, 7) is 2.21. The molecule has 3 nitrogen and oxygen atoms in total. The third kappa shape index (κ3) is 6.15. The average Bonchev–Trinajstić information content (AvgIpc) is 2.62. The minimum Gasteiger partial charge on any atom is -0.423 e. The fourth-order valence-corrected chi connectivity index (χ4v) is 3.09. The number of carbonyl (C=O) groups excluding carboxylic acids is 2. The molecule has 138 valence electrons. The molecule has 0 saturated carbocycles. The highest BCUT2D eigenvalue weighted by Gasteiger charge is 2.12. The quantitative estimate of drug-likeness (QED) is 0.213. The lowest BCUT2D eigenvalue weighted by molar-refractivity contribution is 0.0734. The van der Waals surface area contributed by atoms with Gasteiger partial charge in [0, 0.05) is 6.07 Å². The van der Waals surface area contributed by atoms with Crippen molar-refractivity contribution < 1.29 is 14.3 Å². The van der Waals surface area contributed by atoms with E-state index in [-0.39, 0.29) is 16.3 Å². The van der Waals surface area contributed by atoms with E-state index in [1.807, 2.05) is 12.1 Å². The smallest absolute Gasteiger partial charge is 0.343 e. The number of benzene rings is 2. The SMILES string of the molecule is CCCCCCCc1ccc(C(=O)Oc2ccc(C(=O)Cl)c(Cl)c2)cc1. The summed E-state index contributed by atoms with van der Waals surface area (Å²) in [4.78, 5) is 23.4. The van der Waals surface area contributed by atoms with Crippen molar-refractivity contribution >= 4 is 34.4 Å². The van der Waals surface area contributed by atoms with Gasteiger partial charge in [0.15, 0.2) is 0 Å². The molecule has 0 aliphatic carbocycles. The van der Waals surface area contributed by atoms with Gasteiger partial charge in [0.1, 0.15) is 5.75 Å². The lowest BCUT2D eigenvalue weighted by atomic mass is 10.0. The van der Waals surface area contributed by atoms with Crippen molar-refractivity contribution in [2.24, 2.45) is 0 Å². The Labute approximate surface area is 164 Å². The highest BCUT2D eigenvalue weighted by atomic mass is 35.5. The molecule has 0 amide bonds. The number of halogens is 2. The van der Waals surface area contributed by atoms with Crippen molar-refractivity contribution in [3.05, 3.63) is 64.2 Å². The Hall–Kier alpha value is -1.84. The van der Waals surface area contributed by atoms with Crippen LogP contribution >= 0.6 is 23.2 Å². The first-order valence-electron chi connectivity index (χ1n) is 8.81. The number of rotatable bonds is 9. The van der Waals surface area contributed by atoms with Crippen molar-refractivity contribution in [1.29, 1.82) is 0 Å². The Bertz CT molecular complexity index is 754. The van der Waals surface area contributed by atoms with Crippen molar-refractivity contribution in [3.63, 3.8) is 0 Å². The first-order chi connectivity index (χ1) is 12.5. The molecule has 0 unspecified atom stereocenters. The summed E-state index contributed by atoms with van der Waals surface area (Å²) in [7, 11) is 0. The Morgan fingerprint density at radius 1 is 0.962 bits per heavy atom. The maximum Gasteiger partial charge on any atom is 0.343 e. The summed E-state index contributed by atoms with van der Waals surface area (Å²) < 4.78 is 5.30. The van der Waals surface area contributed by atoms with Gasteiger partial charge in [-0.3, -0.25) is 4.79 Å². The van der Waals surface area contributed by atoms with Crippen LogP contribution in [0.15, 0.2) is 42.5 Å². The van der Waals surface area contributed by atoms with Crippen LogP contribution in [0.3, 0.4) is 0 Å². The van der Waals surface area contributed by atoms with Crippen molar-refractivity contribution in [2.45, 2.75) is 45.4 Å². The molecule has 26 heavy (non-hydrogen) atoms. The van der Waals surface area contributed by atoms with Gasteiger partial charge in [-0.25, -0.2) is 4.79 Å². The minimum absolute atomic E-state index is 0.147. The summed E-state index contributed by atoms with van der Waals surface area (Å²) in [6.07, 6.45) is 7.22. The molecule has 2 aromatic rings. The normalized spacial score (nSPS) is 10.6. The topological polar surface area (TPSA) is 43.4 Å². The molecule has 2 rings (SSSR count). The zero-order valence-corrected chi connectivity index (χ0v) is 16.3. The van der Waals surface area contributed by atoms with E-state index in [9.17, 15) is 9.59 Å². The third-order valence-corrected chi connectivity index (χ3v) is 4.64. The number of ether oxygens (including phenoxy) is 1. The van der Waals surface area contributed by atoms with Crippen LogP contribution in [0.25, 0.3) is 0 Å². The van der Waals surface area contributed by atoms with Crippen LogP contribution in [0, 0.1) is 0 Å². The molecule has 0 aliphatic heterocycles. The molecule has 0 fully saturated rings. The average molecular weight is 393 g/mol. The molecule has 0 aromatic heterocycles. The lowest BCUT2D eigenvalue weighted by Crippen LogP contribution is -2.08. The van der Waals surface area contributed by atoms with Crippen LogP contribution in [0.5, 0.6) is 5.75 Å². The van der Waals surface area contributed by atoms with E-state index in [4.69, 9.17) is 27.9 Å². The van der Waals surface area contributed by atoms with Gasteiger partial charge < -0.3 is 4.74 Å². The van der Waals surface area contributed by atoms with Gasteiger partial charge in [-0.15, -0.1) is 0 Å². The molecular weight excluding hydrogens is 371 g/mol. The molecule has 0 aliphatic rings. The second kappa shape index (κ2) is 10.3. The van der Waals surface area contributed by atoms with Gasteiger partial charge in [-0.2, -0.15) is 0 Å². The molecule has 0 bridgehead atoms. The van der Waals surface area contributed by atoms with Crippen LogP contribution in [0.4, 0.5) is 0 Å². The zero-order valence-electron chi connectivity index (χ0n) is 14.8. The van der Waals surface area contributed by atoms with E-state index in [1.165, 1.54) is 49.4 Å². The van der Waals surface area contributed by atoms with Gasteiger partial charge in [0.2, 0.25) is 0 Å². The Morgan fingerprint density at radius 3 is 2.27 bits per heavy atom. The maximum absolute atomic E-state index is 12.2. The van der Waals surface area contributed by atoms with Crippen molar-refractivity contribution in [3.8, 4) is 5.75 Å². The van der Waals surface area contributed by atoms with Crippen LogP contribution in [-0.2, 0) is 6.42 Å². The summed E-state index contributed by atoms with van der Waals surface area (Å²) in [5.41, 5.74) is 1.86. The second-order valence-electron chi connectivity index (χ2n) is 6.17. The van der Waals surface area contributed by atoms with E-state index in [0.717, 1.165) is 12.8 Å². The molecular formula is C21H22Cl2O3. The minimum atomic E-state index is -0.654. The van der Waals surface area contributed by atoms with E-state index in [0.29, 0.717) is 5.56 Å². The molecule has 0 N–H and O–H groups in total. The molecule has 0 heterocycles. The predicted octanol–water partition coefficient (Wildman–Crippen LogP) is 6.45. The third-order valence-electron chi connectivity index (χ3n) is 4.12. The van der Waals surface area contributed by atoms with Gasteiger partial charge in [0.25, 0.3) is 5.24 Å². The highest BCUT2D eigenvalue weighted by Crippen LogP contribution is 2.24. The molecule has 0 spiro atoms. The summed E-state index contributed by atoms with van der Waals surface area (Å²) in [5, 5.41) is -0.508. The second-order valence-corrected chi connectivity index (χ2v) is 6.92. The van der Waals surface area contributed by atoms with Gasteiger partial charge in [-0.05, 0) is 54.3 Å². The van der Waals surface area contributed by atoms with Crippen molar-refractivity contribution in [1.82, 2.24) is 0 Å². The van der Waals surface area contributed by atoms with Crippen LogP contribution < -0.4 is 4.74 Å². The monoisotopic (exact) mass is 392 g/mol. The van der Waals surface area contributed by atoms with Gasteiger partial charge >= 0.3 is 5.97 Å². The number of hydrogen-bond acceptors (Lipinski definition) is 3. The molecule has 0 saturated heterocycles. The lowest BCUT2D eigenvalue weighted by Gasteiger charge is -2.07. The first kappa shape index (κ1) is 20.5. The molecule has 0 radical (unpaired) electrons. The fourth-order valence-electron chi connectivity index (χ4n) is 2.62. The molecule has 0 atom stereocenters. The highest BCUT2D eigenvalue weighted by molar-refractivity contribution is 6.68. The summed E-state index contributed by atoms with van der Waals surface area (Å²) in [5.74, 6) is -0.206. The Morgan fingerprint density at radius 2 is 1.65 bits per heavy atom. The number of aryl methyl sites for hydroxylation is 1. The number of unbranched alkanes of at least 4 members (excludes halogenated alkanes) is 4.